The molecule has 1 aromatic carbocycles. The molecule has 2 aromatic rings. The topological polar surface area (TPSA) is 80.0 Å². The molecule has 0 aliphatic carbocycles. The molecule has 0 saturated carbocycles. The minimum Gasteiger partial charge on any atom is -0.321 e. The van der Waals surface area contributed by atoms with Gasteiger partial charge in [-0.05, 0) is 69.0 Å². The van der Waals surface area contributed by atoms with E-state index in [1.54, 1.807) is 12.3 Å². The molecule has 0 spiro atoms. The molecule has 1 amide bonds. The summed E-state index contributed by atoms with van der Waals surface area (Å²) in [7, 11) is 0. The standard InChI is InChI=1S/C14H14Br2N4O/c1-7-3-8(2)12(11(16)4-7)19-14(21)10-5-9(15)6-18-13(10)20-17/h3-6H,17H2,1-2H3,(H,18,20)(H,19,21). The lowest BCUT2D eigenvalue weighted by molar-refractivity contribution is 0.102. The van der Waals surface area contributed by atoms with E-state index >= 15 is 0 Å². The van der Waals surface area contributed by atoms with Gasteiger partial charge >= 0.3 is 0 Å². The lowest BCUT2D eigenvalue weighted by Crippen LogP contribution is -2.19. The number of halogens is 2. The second-order valence-corrected chi connectivity index (χ2v) is 6.36. The van der Waals surface area contributed by atoms with Crippen LogP contribution in [0.3, 0.4) is 0 Å². The normalized spacial score (nSPS) is 10.3. The summed E-state index contributed by atoms with van der Waals surface area (Å²) in [5.41, 5.74) is 5.60. The minimum atomic E-state index is -0.288. The van der Waals surface area contributed by atoms with E-state index in [1.165, 1.54) is 0 Å². The summed E-state index contributed by atoms with van der Waals surface area (Å²) in [6, 6.07) is 5.61. The largest absolute Gasteiger partial charge is 0.321 e. The SMILES string of the molecule is Cc1cc(C)c(NC(=O)c2cc(Br)cnc2NN)c(Br)c1. The van der Waals surface area contributed by atoms with E-state index < -0.39 is 0 Å². The van der Waals surface area contributed by atoms with Gasteiger partial charge in [0.05, 0.1) is 11.3 Å². The van der Waals surface area contributed by atoms with Gasteiger partial charge < -0.3 is 10.7 Å². The van der Waals surface area contributed by atoms with Gasteiger partial charge in [0, 0.05) is 15.1 Å². The number of amides is 1. The van der Waals surface area contributed by atoms with Gasteiger partial charge in [0.15, 0.2) is 5.82 Å². The zero-order valence-electron chi connectivity index (χ0n) is 11.5. The van der Waals surface area contributed by atoms with Crippen molar-refractivity contribution in [1.29, 1.82) is 0 Å². The number of carbonyl (C=O) groups excluding carboxylic acids is 1. The zero-order chi connectivity index (χ0) is 15.6. The average molecular weight is 414 g/mol. The monoisotopic (exact) mass is 412 g/mol. The van der Waals surface area contributed by atoms with Crippen LogP contribution >= 0.6 is 31.9 Å². The summed E-state index contributed by atoms with van der Waals surface area (Å²) in [5.74, 6) is 5.42. The molecule has 1 heterocycles. The number of aromatic nitrogens is 1. The molecule has 0 fully saturated rings. The fourth-order valence-electron chi connectivity index (χ4n) is 1.98. The summed E-state index contributed by atoms with van der Waals surface area (Å²) >= 11 is 6.77. The maximum atomic E-state index is 12.4. The van der Waals surface area contributed by atoms with Crippen LogP contribution in [-0.2, 0) is 0 Å². The van der Waals surface area contributed by atoms with Gasteiger partial charge in [-0.15, -0.1) is 0 Å². The van der Waals surface area contributed by atoms with E-state index in [2.05, 4.69) is 47.6 Å². The summed E-state index contributed by atoms with van der Waals surface area (Å²) in [6.45, 7) is 3.94. The van der Waals surface area contributed by atoms with Crippen LogP contribution in [0.4, 0.5) is 11.5 Å². The van der Waals surface area contributed by atoms with Crippen molar-refractivity contribution in [3.05, 3.63) is 50.0 Å². The van der Waals surface area contributed by atoms with E-state index in [4.69, 9.17) is 5.84 Å². The Kier molecular flexibility index (Phi) is 4.97. The van der Waals surface area contributed by atoms with Crippen LogP contribution < -0.4 is 16.6 Å². The number of carbonyl (C=O) groups is 1. The minimum absolute atomic E-state index is 0.288. The summed E-state index contributed by atoms with van der Waals surface area (Å²) < 4.78 is 1.53. The van der Waals surface area contributed by atoms with Crippen LogP contribution in [0.1, 0.15) is 21.5 Å². The number of pyridine rings is 1. The predicted molar refractivity (Wildman–Crippen MR) is 91.3 cm³/mol. The summed E-state index contributed by atoms with van der Waals surface area (Å²) in [6.07, 6.45) is 1.57. The van der Waals surface area contributed by atoms with Crippen LogP contribution in [0.5, 0.6) is 0 Å². The first-order chi connectivity index (χ1) is 9.92. The van der Waals surface area contributed by atoms with E-state index in [-0.39, 0.29) is 5.91 Å². The maximum Gasteiger partial charge on any atom is 0.259 e. The van der Waals surface area contributed by atoms with Gasteiger partial charge in [-0.25, -0.2) is 10.8 Å². The molecule has 0 unspecified atom stereocenters. The molecule has 21 heavy (non-hydrogen) atoms. The van der Waals surface area contributed by atoms with Crippen LogP contribution in [0.25, 0.3) is 0 Å². The lowest BCUT2D eigenvalue weighted by Gasteiger charge is -2.13. The molecule has 2 rings (SSSR count). The number of hydrazine groups is 1. The van der Waals surface area contributed by atoms with E-state index in [0.29, 0.717) is 15.9 Å². The van der Waals surface area contributed by atoms with Gasteiger partial charge in [0.2, 0.25) is 0 Å². The number of nitrogens with one attached hydrogen (secondary N) is 2. The Bertz CT molecular complexity index is 680. The third-order valence-corrected chi connectivity index (χ3v) is 3.97. The van der Waals surface area contributed by atoms with Crippen molar-refractivity contribution in [2.45, 2.75) is 13.8 Å². The molecule has 4 N–H and O–H groups in total. The van der Waals surface area contributed by atoms with Crippen molar-refractivity contribution in [2.24, 2.45) is 5.84 Å². The molecular weight excluding hydrogens is 400 g/mol. The second kappa shape index (κ2) is 6.55. The molecular formula is C14H14Br2N4O. The van der Waals surface area contributed by atoms with Crippen molar-refractivity contribution >= 4 is 49.3 Å². The highest BCUT2D eigenvalue weighted by atomic mass is 79.9. The number of hydrogen-bond donors (Lipinski definition) is 3. The molecule has 0 atom stereocenters. The molecule has 110 valence electrons. The first kappa shape index (κ1) is 15.9. The quantitative estimate of drug-likeness (QED) is 0.528. The van der Waals surface area contributed by atoms with Crippen LogP contribution in [0, 0.1) is 13.8 Å². The van der Waals surface area contributed by atoms with Crippen molar-refractivity contribution in [3.63, 3.8) is 0 Å². The first-order valence-corrected chi connectivity index (χ1v) is 7.71. The average Bonchev–Trinajstić information content (AvgIpc) is 2.42. The predicted octanol–water partition coefficient (Wildman–Crippen LogP) is 3.76. The van der Waals surface area contributed by atoms with Crippen LogP contribution in [0.15, 0.2) is 33.3 Å². The van der Waals surface area contributed by atoms with Gasteiger partial charge in [-0.2, -0.15) is 0 Å². The number of benzene rings is 1. The van der Waals surface area contributed by atoms with Crippen molar-refractivity contribution in [2.75, 3.05) is 10.7 Å². The highest BCUT2D eigenvalue weighted by Gasteiger charge is 2.15. The highest BCUT2D eigenvalue weighted by Crippen LogP contribution is 2.29. The Labute approximate surface area is 139 Å². The zero-order valence-corrected chi connectivity index (χ0v) is 14.7. The number of hydrogen-bond acceptors (Lipinski definition) is 4. The van der Waals surface area contributed by atoms with Crippen molar-refractivity contribution in [3.8, 4) is 0 Å². The van der Waals surface area contributed by atoms with Crippen molar-refractivity contribution in [1.82, 2.24) is 4.98 Å². The summed E-state index contributed by atoms with van der Waals surface area (Å²) in [4.78, 5) is 16.5. The van der Waals surface area contributed by atoms with Gasteiger partial charge in [0.1, 0.15) is 0 Å². The number of aryl methyl sites for hydroxylation is 2. The molecule has 0 bridgehead atoms. The Hall–Kier alpha value is -1.44. The van der Waals surface area contributed by atoms with Crippen LogP contribution in [-0.4, -0.2) is 10.9 Å². The molecule has 5 nitrogen and oxygen atoms in total. The maximum absolute atomic E-state index is 12.4. The smallest absolute Gasteiger partial charge is 0.259 e. The highest BCUT2D eigenvalue weighted by molar-refractivity contribution is 9.10. The number of rotatable bonds is 3. The number of nitrogens with zero attached hydrogens (tertiary/aromatic N) is 1. The number of nitrogens with two attached hydrogens (primary N) is 1. The van der Waals surface area contributed by atoms with E-state index in [9.17, 15) is 4.79 Å². The Morgan fingerprint density at radius 1 is 1.24 bits per heavy atom. The molecule has 0 aliphatic heterocycles. The Balaban J connectivity index is 2.37. The molecule has 0 saturated heterocycles. The molecule has 1 aromatic heterocycles. The molecule has 0 radical (unpaired) electrons. The van der Waals surface area contributed by atoms with Gasteiger partial charge in [-0.3, -0.25) is 4.79 Å². The lowest BCUT2D eigenvalue weighted by atomic mass is 10.1. The fraction of sp³-hybridized carbons (Fsp3) is 0.143. The van der Waals surface area contributed by atoms with Crippen molar-refractivity contribution < 1.29 is 4.79 Å². The van der Waals surface area contributed by atoms with E-state index in [0.717, 1.165) is 21.3 Å². The third kappa shape index (κ3) is 3.61. The van der Waals surface area contributed by atoms with E-state index in [1.807, 2.05) is 26.0 Å². The fourth-order valence-corrected chi connectivity index (χ4v) is 3.09. The molecule has 7 heteroatoms. The Morgan fingerprint density at radius 3 is 2.57 bits per heavy atom. The third-order valence-electron chi connectivity index (χ3n) is 2.91. The van der Waals surface area contributed by atoms with Gasteiger partial charge in [-0.1, -0.05) is 6.07 Å². The van der Waals surface area contributed by atoms with Crippen LogP contribution in [0.2, 0.25) is 0 Å². The number of nitrogen functional groups attached to an aromatic ring is 1. The Morgan fingerprint density at radius 2 is 1.95 bits per heavy atom. The second-order valence-electron chi connectivity index (χ2n) is 4.59. The molecule has 0 aliphatic rings. The number of anilines is 2. The van der Waals surface area contributed by atoms with Gasteiger partial charge in [0.25, 0.3) is 5.91 Å². The first-order valence-electron chi connectivity index (χ1n) is 6.12. The summed E-state index contributed by atoms with van der Waals surface area (Å²) in [5, 5.41) is 2.88.